The molecule has 0 heterocycles. The first-order valence-electron chi connectivity index (χ1n) is 6.77. The van der Waals surface area contributed by atoms with E-state index in [-0.39, 0.29) is 0 Å². The molecule has 2 aromatic carbocycles. The zero-order valence-electron chi connectivity index (χ0n) is 11.4. The van der Waals surface area contributed by atoms with Crippen LogP contribution in [0.15, 0.2) is 59.1 Å². The Hall–Kier alpha value is -1.12. The van der Waals surface area contributed by atoms with Gasteiger partial charge in [-0.05, 0) is 36.6 Å². The smallest absolute Gasteiger partial charge is 0.0323 e. The van der Waals surface area contributed by atoms with Gasteiger partial charge in [-0.1, -0.05) is 65.3 Å². The minimum absolute atomic E-state index is 0.346. The number of hydrogen-bond acceptors (Lipinski definition) is 1. The molecule has 1 N–H and O–H groups in total. The fourth-order valence-electron chi connectivity index (χ4n) is 2.28. The van der Waals surface area contributed by atoms with Crippen molar-refractivity contribution in [2.24, 2.45) is 0 Å². The maximum absolute atomic E-state index is 3.70. The Kier molecular flexibility index (Phi) is 5.17. The van der Waals surface area contributed by atoms with Crippen LogP contribution < -0.4 is 5.32 Å². The van der Waals surface area contributed by atoms with E-state index in [1.54, 1.807) is 0 Å². The van der Waals surface area contributed by atoms with Crippen LogP contribution in [0.4, 0.5) is 0 Å². The van der Waals surface area contributed by atoms with Crippen LogP contribution in [0.5, 0.6) is 0 Å². The molecule has 100 valence electrons. The lowest BCUT2D eigenvalue weighted by Crippen LogP contribution is -2.24. The molecule has 0 saturated heterocycles. The third kappa shape index (κ3) is 3.92. The molecule has 2 rings (SSSR count). The van der Waals surface area contributed by atoms with Gasteiger partial charge in [0.05, 0.1) is 0 Å². The molecule has 0 bridgehead atoms. The first-order valence-corrected chi connectivity index (χ1v) is 7.56. The van der Waals surface area contributed by atoms with Gasteiger partial charge in [-0.25, -0.2) is 0 Å². The average molecular weight is 318 g/mol. The molecule has 1 nitrogen and oxygen atoms in total. The fraction of sp³-hybridized carbons (Fsp3) is 0.294. The van der Waals surface area contributed by atoms with E-state index < -0.39 is 0 Å². The van der Waals surface area contributed by atoms with E-state index in [0.717, 1.165) is 10.9 Å². The summed E-state index contributed by atoms with van der Waals surface area (Å²) in [5.74, 6) is 0. The first kappa shape index (κ1) is 14.3. The van der Waals surface area contributed by atoms with Gasteiger partial charge in [-0.3, -0.25) is 0 Å². The summed E-state index contributed by atoms with van der Waals surface area (Å²) >= 11 is 3.48. The molecule has 19 heavy (non-hydrogen) atoms. The van der Waals surface area contributed by atoms with Crippen LogP contribution in [0.3, 0.4) is 0 Å². The lowest BCUT2D eigenvalue weighted by molar-refractivity contribution is 0.456. The predicted octanol–water partition coefficient (Wildman–Crippen LogP) is 5.25. The minimum atomic E-state index is 0.346. The molecule has 0 fully saturated rings. The van der Waals surface area contributed by atoms with E-state index in [9.17, 15) is 0 Å². The van der Waals surface area contributed by atoms with Crippen molar-refractivity contribution in [2.75, 3.05) is 0 Å². The number of benzene rings is 2. The summed E-state index contributed by atoms with van der Waals surface area (Å²) in [4.78, 5) is 0. The zero-order chi connectivity index (χ0) is 13.7. The van der Waals surface area contributed by atoms with Crippen LogP contribution in [0, 0.1) is 0 Å². The highest BCUT2D eigenvalue weighted by Crippen LogP contribution is 2.23. The van der Waals surface area contributed by atoms with E-state index >= 15 is 0 Å². The summed E-state index contributed by atoms with van der Waals surface area (Å²) in [6.45, 7) is 4.44. The summed E-state index contributed by atoms with van der Waals surface area (Å²) in [5.41, 5.74) is 2.67. The van der Waals surface area contributed by atoms with Crippen molar-refractivity contribution in [3.05, 3.63) is 70.2 Å². The van der Waals surface area contributed by atoms with Crippen molar-refractivity contribution < 1.29 is 0 Å². The largest absolute Gasteiger partial charge is 0.303 e. The number of hydrogen-bond donors (Lipinski definition) is 1. The summed E-state index contributed by atoms with van der Waals surface area (Å²) in [5, 5.41) is 3.70. The van der Waals surface area contributed by atoms with Gasteiger partial charge < -0.3 is 5.32 Å². The summed E-state index contributed by atoms with van der Waals surface area (Å²) in [6, 6.07) is 19.9. The van der Waals surface area contributed by atoms with Crippen LogP contribution in [0.2, 0.25) is 0 Å². The quantitative estimate of drug-likeness (QED) is 0.794. The average Bonchev–Trinajstić information content (AvgIpc) is 2.46. The van der Waals surface area contributed by atoms with Gasteiger partial charge in [0.2, 0.25) is 0 Å². The first-order chi connectivity index (χ1) is 9.20. The molecule has 0 aromatic heterocycles. The predicted molar refractivity (Wildman–Crippen MR) is 85.2 cm³/mol. The molecule has 0 aliphatic heterocycles. The third-order valence-corrected chi connectivity index (χ3v) is 3.96. The molecular weight excluding hydrogens is 298 g/mol. The van der Waals surface area contributed by atoms with Crippen molar-refractivity contribution >= 4 is 15.9 Å². The Morgan fingerprint density at radius 3 is 2.16 bits per heavy atom. The van der Waals surface area contributed by atoms with Gasteiger partial charge in [-0.2, -0.15) is 0 Å². The number of halogens is 1. The molecular formula is C17H20BrN. The SMILES string of the molecule is CCC(N[C@H](C)c1ccc(Br)cc1)c1ccccc1. The monoisotopic (exact) mass is 317 g/mol. The van der Waals surface area contributed by atoms with E-state index in [2.05, 4.69) is 89.7 Å². The van der Waals surface area contributed by atoms with Crippen LogP contribution in [-0.4, -0.2) is 0 Å². The van der Waals surface area contributed by atoms with Crippen LogP contribution in [0.1, 0.15) is 43.5 Å². The van der Waals surface area contributed by atoms with Crippen LogP contribution >= 0.6 is 15.9 Å². The second-order valence-corrected chi connectivity index (χ2v) is 5.73. The maximum atomic E-state index is 3.70. The topological polar surface area (TPSA) is 12.0 Å². The Morgan fingerprint density at radius 2 is 1.58 bits per heavy atom. The molecule has 0 radical (unpaired) electrons. The van der Waals surface area contributed by atoms with E-state index in [0.29, 0.717) is 12.1 Å². The Morgan fingerprint density at radius 1 is 0.947 bits per heavy atom. The Bertz CT molecular complexity index is 492. The third-order valence-electron chi connectivity index (χ3n) is 3.43. The summed E-state index contributed by atoms with van der Waals surface area (Å²) in [6.07, 6.45) is 1.09. The molecule has 1 unspecified atom stereocenters. The van der Waals surface area contributed by atoms with Crippen molar-refractivity contribution in [3.63, 3.8) is 0 Å². The van der Waals surface area contributed by atoms with Gasteiger partial charge in [0.15, 0.2) is 0 Å². The Labute approximate surface area is 124 Å². The van der Waals surface area contributed by atoms with Crippen molar-refractivity contribution in [1.82, 2.24) is 5.32 Å². The summed E-state index contributed by atoms with van der Waals surface area (Å²) in [7, 11) is 0. The molecule has 0 aliphatic carbocycles. The number of rotatable bonds is 5. The van der Waals surface area contributed by atoms with E-state index in [4.69, 9.17) is 0 Å². The van der Waals surface area contributed by atoms with Crippen LogP contribution in [0.25, 0.3) is 0 Å². The zero-order valence-corrected chi connectivity index (χ0v) is 13.0. The lowest BCUT2D eigenvalue weighted by atomic mass is 10.0. The van der Waals surface area contributed by atoms with Gasteiger partial charge in [0.1, 0.15) is 0 Å². The molecule has 0 amide bonds. The molecule has 0 aliphatic rings. The van der Waals surface area contributed by atoms with Crippen molar-refractivity contribution in [2.45, 2.75) is 32.4 Å². The maximum Gasteiger partial charge on any atom is 0.0323 e. The summed E-state index contributed by atoms with van der Waals surface area (Å²) < 4.78 is 1.12. The van der Waals surface area contributed by atoms with E-state index in [1.165, 1.54) is 11.1 Å². The standard InChI is InChI=1S/C17H20BrN/c1-3-17(15-7-5-4-6-8-15)19-13(2)14-9-11-16(18)12-10-14/h4-13,17,19H,3H2,1-2H3/t13-,17?/m1/s1. The van der Waals surface area contributed by atoms with Crippen molar-refractivity contribution in [3.8, 4) is 0 Å². The van der Waals surface area contributed by atoms with Gasteiger partial charge in [0, 0.05) is 16.6 Å². The van der Waals surface area contributed by atoms with Crippen LogP contribution in [-0.2, 0) is 0 Å². The van der Waals surface area contributed by atoms with Gasteiger partial charge in [-0.15, -0.1) is 0 Å². The number of nitrogens with one attached hydrogen (secondary N) is 1. The molecule has 2 aromatic rings. The second kappa shape index (κ2) is 6.88. The molecule has 0 saturated carbocycles. The van der Waals surface area contributed by atoms with Gasteiger partial charge in [0.25, 0.3) is 0 Å². The minimum Gasteiger partial charge on any atom is -0.303 e. The fourth-order valence-corrected chi connectivity index (χ4v) is 2.55. The molecule has 0 spiro atoms. The van der Waals surface area contributed by atoms with Crippen molar-refractivity contribution in [1.29, 1.82) is 0 Å². The highest BCUT2D eigenvalue weighted by Gasteiger charge is 2.13. The highest BCUT2D eigenvalue weighted by molar-refractivity contribution is 9.10. The Balaban J connectivity index is 2.08. The second-order valence-electron chi connectivity index (χ2n) is 4.81. The molecule has 2 heteroatoms. The molecule has 2 atom stereocenters. The van der Waals surface area contributed by atoms with Gasteiger partial charge >= 0.3 is 0 Å². The van der Waals surface area contributed by atoms with E-state index in [1.807, 2.05) is 0 Å². The lowest BCUT2D eigenvalue weighted by Gasteiger charge is -2.23. The highest BCUT2D eigenvalue weighted by atomic mass is 79.9. The normalized spacial score (nSPS) is 14.1.